The first-order valence-corrected chi connectivity index (χ1v) is 16.1. The lowest BCUT2D eigenvalue weighted by molar-refractivity contribution is 0.575. The first-order valence-electron chi connectivity index (χ1n) is 14.3. The van der Waals surface area contributed by atoms with Gasteiger partial charge in [-0.05, 0) is 71.4 Å². The fraction of sp³-hybridized carbons (Fsp3) is 0. The van der Waals surface area contributed by atoms with E-state index in [0.717, 1.165) is 88.0 Å². The standard InChI is InChI=1S/C38H23NO3S2/c1-3-11-25-23(9-1)21-26(39-25)33-34(28-13-5-17-40-28)35(29-14-6-18-41-29)36(30-22-24-10-2-4-12-27(24)42-30)38(32-16-8-20-44-32)37(33)31-15-7-19-43-31/h1-22,39H. The summed E-state index contributed by atoms with van der Waals surface area (Å²) < 4.78 is 19.2. The van der Waals surface area contributed by atoms with Crippen molar-refractivity contribution >= 4 is 44.5 Å². The molecule has 9 rings (SSSR count). The van der Waals surface area contributed by atoms with E-state index < -0.39 is 0 Å². The van der Waals surface area contributed by atoms with Crippen molar-refractivity contribution in [3.8, 4) is 66.1 Å². The minimum Gasteiger partial charge on any atom is -0.464 e. The van der Waals surface area contributed by atoms with Crippen LogP contribution in [-0.2, 0) is 0 Å². The zero-order valence-electron chi connectivity index (χ0n) is 23.2. The van der Waals surface area contributed by atoms with E-state index in [1.165, 1.54) is 0 Å². The second-order valence-electron chi connectivity index (χ2n) is 10.6. The van der Waals surface area contributed by atoms with Crippen LogP contribution in [0.4, 0.5) is 0 Å². The van der Waals surface area contributed by atoms with Gasteiger partial charge in [0.1, 0.15) is 22.9 Å². The van der Waals surface area contributed by atoms with Crippen LogP contribution in [0, 0.1) is 0 Å². The van der Waals surface area contributed by atoms with Gasteiger partial charge >= 0.3 is 0 Å². The van der Waals surface area contributed by atoms with E-state index in [4.69, 9.17) is 13.3 Å². The summed E-state index contributed by atoms with van der Waals surface area (Å²) in [6.45, 7) is 0. The lowest BCUT2D eigenvalue weighted by Crippen LogP contribution is -2.00. The first kappa shape index (κ1) is 25.2. The third-order valence-electron chi connectivity index (χ3n) is 8.04. The average molecular weight is 606 g/mol. The molecule has 6 heterocycles. The number of hydrogen-bond donors (Lipinski definition) is 1. The van der Waals surface area contributed by atoms with Crippen LogP contribution in [0.25, 0.3) is 88.0 Å². The Morgan fingerprint density at radius 1 is 0.477 bits per heavy atom. The molecule has 0 bridgehead atoms. The van der Waals surface area contributed by atoms with E-state index in [2.05, 4.69) is 82.5 Å². The van der Waals surface area contributed by atoms with Crippen molar-refractivity contribution in [2.75, 3.05) is 0 Å². The number of fused-ring (bicyclic) bond motifs is 2. The molecule has 1 N–H and O–H groups in total. The summed E-state index contributed by atoms with van der Waals surface area (Å²) in [4.78, 5) is 6.04. The highest BCUT2D eigenvalue weighted by Gasteiger charge is 2.33. The van der Waals surface area contributed by atoms with Gasteiger partial charge in [-0.3, -0.25) is 0 Å². The molecule has 0 atom stereocenters. The van der Waals surface area contributed by atoms with Crippen LogP contribution in [0.5, 0.6) is 0 Å². The van der Waals surface area contributed by atoms with Gasteiger partial charge in [-0.15, -0.1) is 22.7 Å². The van der Waals surface area contributed by atoms with Gasteiger partial charge in [-0.25, -0.2) is 0 Å². The minimum atomic E-state index is 0.736. The molecule has 0 amide bonds. The molecule has 0 saturated heterocycles. The molecule has 210 valence electrons. The highest BCUT2D eigenvalue weighted by molar-refractivity contribution is 7.14. The van der Waals surface area contributed by atoms with Crippen molar-refractivity contribution < 1.29 is 13.3 Å². The van der Waals surface area contributed by atoms with E-state index in [9.17, 15) is 0 Å². The summed E-state index contributed by atoms with van der Waals surface area (Å²) in [5.41, 5.74) is 9.00. The van der Waals surface area contributed by atoms with Crippen LogP contribution in [0.15, 0.2) is 146 Å². The second kappa shape index (κ2) is 10.2. The number of aromatic amines is 1. The molecule has 0 unspecified atom stereocenters. The third kappa shape index (κ3) is 3.96. The van der Waals surface area contributed by atoms with Crippen LogP contribution in [-0.4, -0.2) is 4.98 Å². The van der Waals surface area contributed by atoms with E-state index in [1.54, 1.807) is 35.2 Å². The van der Waals surface area contributed by atoms with Crippen LogP contribution < -0.4 is 0 Å². The third-order valence-corrected chi connectivity index (χ3v) is 9.82. The van der Waals surface area contributed by atoms with Gasteiger partial charge in [0.15, 0.2) is 0 Å². The summed E-state index contributed by atoms with van der Waals surface area (Å²) in [5, 5.41) is 6.45. The molecule has 0 spiro atoms. The van der Waals surface area contributed by atoms with Gasteiger partial charge in [0.25, 0.3) is 0 Å². The quantitative estimate of drug-likeness (QED) is 0.205. The highest BCUT2D eigenvalue weighted by Crippen LogP contribution is 2.57. The number of thiophene rings is 2. The summed E-state index contributed by atoms with van der Waals surface area (Å²) in [7, 11) is 0. The van der Waals surface area contributed by atoms with Crippen molar-refractivity contribution in [3.63, 3.8) is 0 Å². The van der Waals surface area contributed by atoms with Crippen molar-refractivity contribution in [1.82, 2.24) is 4.98 Å². The Morgan fingerprint density at radius 2 is 1.09 bits per heavy atom. The SMILES string of the molecule is c1coc(-c2c(-c3cc4ccccc4[nH]3)c(-c3cccs3)c(-c3cccs3)c(-c3cc4ccccc4o3)c2-c2ccco2)c1. The Bertz CT molecular complexity index is 2040. The Hall–Kier alpha value is -5.30. The number of nitrogens with one attached hydrogen (secondary N) is 1. The monoisotopic (exact) mass is 605 g/mol. The number of furan rings is 3. The number of benzene rings is 3. The van der Waals surface area contributed by atoms with Gasteiger partial charge < -0.3 is 18.2 Å². The predicted molar refractivity (Wildman–Crippen MR) is 181 cm³/mol. The zero-order chi connectivity index (χ0) is 29.0. The molecule has 3 aromatic carbocycles. The van der Waals surface area contributed by atoms with Gasteiger partial charge in [-0.1, -0.05) is 48.5 Å². The van der Waals surface area contributed by atoms with Crippen LogP contribution in [0.2, 0.25) is 0 Å². The summed E-state index contributed by atoms with van der Waals surface area (Å²) in [6.07, 6.45) is 3.46. The smallest absolute Gasteiger partial charge is 0.136 e. The average Bonchev–Trinajstić information content (AvgIpc) is 3.91. The van der Waals surface area contributed by atoms with Crippen LogP contribution in [0.3, 0.4) is 0 Å². The molecule has 44 heavy (non-hydrogen) atoms. The molecule has 9 aromatic rings. The summed E-state index contributed by atoms with van der Waals surface area (Å²) in [5.74, 6) is 2.26. The zero-order valence-corrected chi connectivity index (χ0v) is 24.9. The maximum Gasteiger partial charge on any atom is 0.136 e. The molecule has 0 fully saturated rings. The Kier molecular flexibility index (Phi) is 5.82. The Labute approximate surface area is 260 Å². The fourth-order valence-corrected chi connectivity index (χ4v) is 7.81. The van der Waals surface area contributed by atoms with E-state index in [-0.39, 0.29) is 0 Å². The molecule has 0 aliphatic heterocycles. The number of aromatic nitrogens is 1. The molecule has 0 aliphatic carbocycles. The Morgan fingerprint density at radius 3 is 1.70 bits per heavy atom. The van der Waals surface area contributed by atoms with Gasteiger partial charge in [0.2, 0.25) is 0 Å². The van der Waals surface area contributed by atoms with Gasteiger partial charge in [-0.2, -0.15) is 0 Å². The highest BCUT2D eigenvalue weighted by atomic mass is 32.1. The summed E-state index contributed by atoms with van der Waals surface area (Å²) in [6, 6.07) is 37.5. The minimum absolute atomic E-state index is 0.736. The van der Waals surface area contributed by atoms with E-state index >= 15 is 0 Å². The van der Waals surface area contributed by atoms with Crippen LogP contribution in [0.1, 0.15) is 0 Å². The molecular weight excluding hydrogens is 583 g/mol. The number of rotatable bonds is 6. The molecule has 0 radical (unpaired) electrons. The van der Waals surface area contributed by atoms with E-state index in [1.807, 2.05) is 42.5 Å². The maximum absolute atomic E-state index is 6.70. The number of hydrogen-bond acceptors (Lipinski definition) is 5. The fourth-order valence-electron chi connectivity index (χ4n) is 6.25. The molecule has 4 nitrogen and oxygen atoms in total. The van der Waals surface area contributed by atoms with Crippen molar-refractivity contribution in [1.29, 1.82) is 0 Å². The van der Waals surface area contributed by atoms with Crippen molar-refractivity contribution in [2.45, 2.75) is 0 Å². The first-order chi connectivity index (χ1) is 21.8. The molecule has 0 saturated carbocycles. The normalized spacial score (nSPS) is 11.6. The Balaban J connectivity index is 1.56. The van der Waals surface area contributed by atoms with Crippen molar-refractivity contribution in [2.24, 2.45) is 0 Å². The molecule has 6 heteroatoms. The topological polar surface area (TPSA) is 55.2 Å². The second-order valence-corrected chi connectivity index (χ2v) is 12.5. The lowest BCUT2D eigenvalue weighted by Gasteiger charge is -2.24. The van der Waals surface area contributed by atoms with Crippen molar-refractivity contribution in [3.05, 3.63) is 132 Å². The lowest BCUT2D eigenvalue weighted by atomic mass is 9.81. The van der Waals surface area contributed by atoms with Crippen LogP contribution >= 0.6 is 22.7 Å². The number of H-pyrrole nitrogens is 1. The van der Waals surface area contributed by atoms with Gasteiger partial charge in [0, 0.05) is 65.1 Å². The van der Waals surface area contributed by atoms with E-state index in [0.29, 0.717) is 0 Å². The van der Waals surface area contributed by atoms with Gasteiger partial charge in [0.05, 0.1) is 12.5 Å². The largest absolute Gasteiger partial charge is 0.464 e. The number of para-hydroxylation sites is 2. The molecule has 0 aliphatic rings. The summed E-state index contributed by atoms with van der Waals surface area (Å²) >= 11 is 3.45. The predicted octanol–water partition coefficient (Wildman–Crippen LogP) is 12.2. The molecule has 6 aromatic heterocycles. The molecular formula is C38H23NO3S2. The maximum atomic E-state index is 6.70.